The Morgan fingerprint density at radius 3 is 2.25 bits per heavy atom. The smallest absolute Gasteiger partial charge is 0.335 e. The number of rotatable bonds is 3. The van der Waals surface area contributed by atoms with Crippen molar-refractivity contribution in [1.29, 1.82) is 0 Å². The molecule has 2 fully saturated rings. The molecule has 2 unspecified atom stereocenters. The zero-order valence-corrected chi connectivity index (χ0v) is 9.43. The number of fused-ring (bicyclic) bond motifs is 1. The van der Waals surface area contributed by atoms with Crippen LogP contribution in [0.25, 0.3) is 0 Å². The van der Waals surface area contributed by atoms with Crippen molar-refractivity contribution in [3.8, 4) is 0 Å². The highest BCUT2D eigenvalue weighted by atomic mass is 16.5. The molecule has 0 saturated heterocycles. The summed E-state index contributed by atoms with van der Waals surface area (Å²) < 4.78 is 9.22. The highest BCUT2D eigenvalue weighted by Gasteiger charge is 2.76. The van der Waals surface area contributed by atoms with Gasteiger partial charge in [0.1, 0.15) is 5.41 Å². The third-order valence-corrected chi connectivity index (χ3v) is 4.05. The van der Waals surface area contributed by atoms with Crippen LogP contribution in [0, 0.1) is 17.3 Å². The van der Waals surface area contributed by atoms with Gasteiger partial charge in [0.25, 0.3) is 0 Å². The third-order valence-electron chi connectivity index (χ3n) is 4.05. The largest absolute Gasteiger partial charge is 0.468 e. The van der Waals surface area contributed by atoms with Crippen LogP contribution in [0.5, 0.6) is 0 Å². The zero-order chi connectivity index (χ0) is 11.9. The van der Waals surface area contributed by atoms with Gasteiger partial charge in [-0.2, -0.15) is 0 Å². The van der Waals surface area contributed by atoms with Gasteiger partial charge >= 0.3 is 11.9 Å². The molecule has 0 aromatic carbocycles. The first-order valence-corrected chi connectivity index (χ1v) is 5.45. The number of ether oxygens (including phenoxy) is 2. The Hall–Kier alpha value is -1.10. The molecule has 0 amide bonds. The Morgan fingerprint density at radius 1 is 1.25 bits per heavy atom. The van der Waals surface area contributed by atoms with Crippen LogP contribution in [0.15, 0.2) is 0 Å². The molecule has 2 saturated carbocycles. The van der Waals surface area contributed by atoms with Crippen molar-refractivity contribution < 1.29 is 24.2 Å². The Labute approximate surface area is 93.7 Å². The maximum Gasteiger partial charge on any atom is 0.335 e. The van der Waals surface area contributed by atoms with Crippen molar-refractivity contribution in [3.63, 3.8) is 0 Å². The Morgan fingerprint density at radius 2 is 1.81 bits per heavy atom. The SMILES string of the molecule is COC(=O)C(O)C1(C(=O)OC)[C@@H]2CCC[C@@H]21. The molecule has 0 aromatic heterocycles. The summed E-state index contributed by atoms with van der Waals surface area (Å²) in [5, 5.41) is 9.94. The second-order valence-electron chi connectivity index (χ2n) is 4.49. The maximum absolute atomic E-state index is 11.8. The summed E-state index contributed by atoms with van der Waals surface area (Å²) in [6.07, 6.45) is 1.39. The van der Waals surface area contributed by atoms with E-state index in [0.717, 1.165) is 19.3 Å². The molecule has 0 aromatic rings. The highest BCUT2D eigenvalue weighted by Crippen LogP contribution is 2.69. The van der Waals surface area contributed by atoms with Crippen molar-refractivity contribution in [3.05, 3.63) is 0 Å². The van der Waals surface area contributed by atoms with Gasteiger partial charge in [-0.25, -0.2) is 4.79 Å². The molecule has 2 aliphatic carbocycles. The van der Waals surface area contributed by atoms with E-state index < -0.39 is 23.5 Å². The van der Waals surface area contributed by atoms with Gasteiger partial charge < -0.3 is 14.6 Å². The van der Waals surface area contributed by atoms with Gasteiger partial charge in [0.2, 0.25) is 0 Å². The third kappa shape index (κ3) is 1.21. The number of methoxy groups -OCH3 is 2. The minimum Gasteiger partial charge on any atom is -0.468 e. The first-order valence-electron chi connectivity index (χ1n) is 5.45. The van der Waals surface area contributed by atoms with E-state index in [1.807, 2.05) is 0 Å². The molecule has 0 heterocycles. The van der Waals surface area contributed by atoms with Crippen LogP contribution in [-0.4, -0.2) is 37.4 Å². The highest BCUT2D eigenvalue weighted by molar-refractivity contribution is 5.90. The summed E-state index contributed by atoms with van der Waals surface area (Å²) in [7, 11) is 2.48. The number of hydrogen-bond donors (Lipinski definition) is 1. The molecule has 4 atom stereocenters. The predicted octanol–water partition coefficient (Wildman–Crippen LogP) is 0.110. The lowest BCUT2D eigenvalue weighted by Gasteiger charge is -2.22. The average Bonchev–Trinajstić information content (AvgIpc) is 2.70. The fourth-order valence-electron chi connectivity index (χ4n) is 3.30. The second-order valence-corrected chi connectivity index (χ2v) is 4.49. The van der Waals surface area contributed by atoms with Crippen LogP contribution in [0.1, 0.15) is 19.3 Å². The second kappa shape index (κ2) is 3.73. The normalized spacial score (nSPS) is 37.4. The molecular weight excluding hydrogens is 212 g/mol. The van der Waals surface area contributed by atoms with Crippen molar-refractivity contribution >= 4 is 11.9 Å². The molecule has 5 nitrogen and oxygen atoms in total. The quantitative estimate of drug-likeness (QED) is 0.694. The number of esters is 2. The first kappa shape index (κ1) is 11.4. The van der Waals surface area contributed by atoms with Crippen LogP contribution in [0.4, 0.5) is 0 Å². The van der Waals surface area contributed by atoms with E-state index >= 15 is 0 Å². The van der Waals surface area contributed by atoms with Crippen LogP contribution in [0.2, 0.25) is 0 Å². The Bertz CT molecular complexity index is 314. The molecule has 0 spiro atoms. The van der Waals surface area contributed by atoms with E-state index in [2.05, 4.69) is 4.74 Å². The summed E-state index contributed by atoms with van der Waals surface area (Å²) in [4.78, 5) is 23.2. The van der Waals surface area contributed by atoms with E-state index in [9.17, 15) is 14.7 Å². The first-order chi connectivity index (χ1) is 7.60. The zero-order valence-electron chi connectivity index (χ0n) is 9.43. The summed E-state index contributed by atoms with van der Waals surface area (Å²) in [5.74, 6) is -1.08. The van der Waals surface area contributed by atoms with Crippen molar-refractivity contribution in [2.24, 2.45) is 17.3 Å². The molecule has 0 radical (unpaired) electrons. The molecule has 2 aliphatic rings. The molecule has 0 aliphatic heterocycles. The summed E-state index contributed by atoms with van der Waals surface area (Å²) >= 11 is 0. The Balaban J connectivity index is 2.24. The van der Waals surface area contributed by atoms with Crippen LogP contribution >= 0.6 is 0 Å². The van der Waals surface area contributed by atoms with E-state index in [0.29, 0.717) is 0 Å². The lowest BCUT2D eigenvalue weighted by Crippen LogP contribution is -2.41. The van der Waals surface area contributed by atoms with Gasteiger partial charge in [-0.3, -0.25) is 4.79 Å². The van der Waals surface area contributed by atoms with Crippen molar-refractivity contribution in [2.45, 2.75) is 25.4 Å². The molecule has 2 rings (SSSR count). The molecular formula is C11H16O5. The summed E-state index contributed by atoms with van der Waals surface area (Å²) in [5.41, 5.74) is -1.03. The van der Waals surface area contributed by atoms with Gasteiger partial charge in [0.15, 0.2) is 6.10 Å². The van der Waals surface area contributed by atoms with Gasteiger partial charge in [-0.1, -0.05) is 6.42 Å². The van der Waals surface area contributed by atoms with E-state index in [1.54, 1.807) is 0 Å². The van der Waals surface area contributed by atoms with Gasteiger partial charge in [-0.15, -0.1) is 0 Å². The lowest BCUT2D eigenvalue weighted by atomic mass is 9.89. The van der Waals surface area contributed by atoms with Gasteiger partial charge in [0.05, 0.1) is 14.2 Å². The number of carbonyl (C=O) groups excluding carboxylic acids is 2. The monoisotopic (exact) mass is 228 g/mol. The maximum atomic E-state index is 11.8. The van der Waals surface area contributed by atoms with Gasteiger partial charge in [-0.05, 0) is 24.7 Å². The van der Waals surface area contributed by atoms with Crippen LogP contribution in [-0.2, 0) is 19.1 Å². The molecule has 0 bridgehead atoms. The van der Waals surface area contributed by atoms with Crippen molar-refractivity contribution in [2.75, 3.05) is 14.2 Å². The number of carbonyl (C=O) groups is 2. The lowest BCUT2D eigenvalue weighted by molar-refractivity contribution is -0.168. The molecule has 1 N–H and O–H groups in total. The fraction of sp³-hybridized carbons (Fsp3) is 0.818. The summed E-state index contributed by atoms with van der Waals surface area (Å²) in [6, 6.07) is 0. The molecule has 90 valence electrons. The number of hydrogen-bond acceptors (Lipinski definition) is 5. The molecule has 5 heteroatoms. The topological polar surface area (TPSA) is 72.8 Å². The van der Waals surface area contributed by atoms with E-state index in [-0.39, 0.29) is 11.8 Å². The number of aliphatic hydroxyl groups excluding tert-OH is 1. The van der Waals surface area contributed by atoms with E-state index in [1.165, 1.54) is 14.2 Å². The van der Waals surface area contributed by atoms with E-state index in [4.69, 9.17) is 4.74 Å². The van der Waals surface area contributed by atoms with Crippen LogP contribution < -0.4 is 0 Å². The minimum absolute atomic E-state index is 0.0778. The van der Waals surface area contributed by atoms with Crippen molar-refractivity contribution in [1.82, 2.24) is 0 Å². The number of aliphatic hydroxyl groups is 1. The predicted molar refractivity (Wildman–Crippen MR) is 53.3 cm³/mol. The minimum atomic E-state index is -1.39. The average molecular weight is 228 g/mol. The van der Waals surface area contributed by atoms with Crippen LogP contribution in [0.3, 0.4) is 0 Å². The summed E-state index contributed by atoms with van der Waals surface area (Å²) in [6.45, 7) is 0. The standard InChI is InChI=1S/C11H16O5/c1-15-9(13)8(12)11(10(14)16-2)6-4-3-5-7(6)11/h6-8,12H,3-5H2,1-2H3/t6-,7+,8?,11?. The Kier molecular flexibility index (Phi) is 2.66. The molecule has 16 heavy (non-hydrogen) atoms. The van der Waals surface area contributed by atoms with Gasteiger partial charge in [0, 0.05) is 0 Å². The fourth-order valence-corrected chi connectivity index (χ4v) is 3.30.